The first-order valence-electron chi connectivity index (χ1n) is 8.72. The predicted octanol–water partition coefficient (Wildman–Crippen LogP) is 2.13. The summed E-state index contributed by atoms with van der Waals surface area (Å²) in [7, 11) is 1.67. The Hall–Kier alpha value is -2.17. The Morgan fingerprint density at radius 1 is 1.11 bits per heavy atom. The van der Waals surface area contributed by atoms with Crippen molar-refractivity contribution in [1.29, 1.82) is 0 Å². The molecule has 146 valence electrons. The molecule has 3 aromatic heterocycles. The summed E-state index contributed by atoms with van der Waals surface area (Å²) in [6.45, 7) is 2.11. The van der Waals surface area contributed by atoms with Gasteiger partial charge in [0.2, 0.25) is 5.91 Å². The highest BCUT2D eigenvalue weighted by molar-refractivity contribution is 7.99. The van der Waals surface area contributed by atoms with E-state index in [2.05, 4.69) is 4.98 Å². The number of rotatable bonds is 4. The first-order chi connectivity index (χ1) is 13.5. The second-order valence-electron chi connectivity index (χ2n) is 6.34. The van der Waals surface area contributed by atoms with Crippen LogP contribution in [0.15, 0.2) is 38.9 Å². The van der Waals surface area contributed by atoms with Gasteiger partial charge in [-0.3, -0.25) is 19.0 Å². The van der Waals surface area contributed by atoms with Crippen LogP contribution in [0, 0.1) is 0 Å². The largest absolute Gasteiger partial charge is 0.338 e. The average molecular weight is 435 g/mol. The van der Waals surface area contributed by atoms with Crippen molar-refractivity contribution in [2.24, 2.45) is 7.05 Å². The molecule has 1 saturated heterocycles. The quantitative estimate of drug-likeness (QED) is 0.465. The lowest BCUT2D eigenvalue weighted by atomic mass is 10.3. The van der Waals surface area contributed by atoms with Crippen molar-refractivity contribution >= 4 is 56.5 Å². The lowest BCUT2D eigenvalue weighted by Gasteiger charge is -2.34. The van der Waals surface area contributed by atoms with Gasteiger partial charge in [-0.25, -0.2) is 4.98 Å². The zero-order chi connectivity index (χ0) is 19.7. The fraction of sp³-hybridized carbons (Fsp3) is 0.333. The number of hydrogen-bond donors (Lipinski definition) is 0. The highest BCUT2D eigenvalue weighted by Crippen LogP contribution is 2.21. The summed E-state index contributed by atoms with van der Waals surface area (Å²) in [6, 6.07) is 5.46. The summed E-state index contributed by atoms with van der Waals surface area (Å²) in [6.07, 6.45) is 0. The molecule has 0 saturated carbocycles. The van der Waals surface area contributed by atoms with E-state index in [9.17, 15) is 14.4 Å². The van der Waals surface area contributed by atoms with Gasteiger partial charge >= 0.3 is 0 Å². The summed E-state index contributed by atoms with van der Waals surface area (Å²) in [5, 5.41) is 4.88. The Labute approximate surface area is 173 Å². The Morgan fingerprint density at radius 3 is 2.57 bits per heavy atom. The maximum Gasteiger partial charge on any atom is 0.264 e. The number of thiophene rings is 2. The maximum atomic E-state index is 12.6. The number of hydrogen-bond acceptors (Lipinski definition) is 7. The monoisotopic (exact) mass is 434 g/mol. The standard InChI is InChI=1S/C18H18N4O3S3/c1-20-16(24)12-4-10-27-15(12)19-18(20)28-11-14(23)21-5-7-22(8-6-21)17(25)13-3-2-9-26-13/h2-4,9-10H,5-8,11H2,1H3. The zero-order valence-corrected chi connectivity index (χ0v) is 17.6. The summed E-state index contributed by atoms with van der Waals surface area (Å²) in [5.41, 5.74) is -0.0955. The molecule has 0 spiro atoms. The van der Waals surface area contributed by atoms with Gasteiger partial charge in [0.1, 0.15) is 4.83 Å². The minimum atomic E-state index is -0.0955. The van der Waals surface area contributed by atoms with E-state index < -0.39 is 0 Å². The van der Waals surface area contributed by atoms with Crippen molar-refractivity contribution in [3.8, 4) is 0 Å². The Morgan fingerprint density at radius 2 is 1.86 bits per heavy atom. The number of aromatic nitrogens is 2. The minimum absolute atomic E-state index is 0.00579. The molecule has 4 heterocycles. The maximum absolute atomic E-state index is 12.6. The van der Waals surface area contributed by atoms with Crippen molar-refractivity contribution in [1.82, 2.24) is 19.4 Å². The van der Waals surface area contributed by atoms with Gasteiger partial charge in [-0.05, 0) is 22.9 Å². The van der Waals surface area contributed by atoms with Gasteiger partial charge in [0.15, 0.2) is 5.16 Å². The van der Waals surface area contributed by atoms with E-state index >= 15 is 0 Å². The molecule has 0 radical (unpaired) electrons. The molecule has 0 unspecified atom stereocenters. The zero-order valence-electron chi connectivity index (χ0n) is 15.2. The smallest absolute Gasteiger partial charge is 0.264 e. The van der Waals surface area contributed by atoms with Crippen LogP contribution in [0.4, 0.5) is 0 Å². The van der Waals surface area contributed by atoms with E-state index in [0.717, 1.165) is 4.88 Å². The minimum Gasteiger partial charge on any atom is -0.338 e. The van der Waals surface area contributed by atoms with Crippen LogP contribution in [0.3, 0.4) is 0 Å². The van der Waals surface area contributed by atoms with Crippen molar-refractivity contribution in [3.63, 3.8) is 0 Å². The van der Waals surface area contributed by atoms with Gasteiger partial charge in [-0.2, -0.15) is 0 Å². The molecule has 0 atom stereocenters. The van der Waals surface area contributed by atoms with E-state index in [1.54, 1.807) is 22.9 Å². The molecule has 0 aromatic carbocycles. The van der Waals surface area contributed by atoms with Crippen molar-refractivity contribution < 1.29 is 9.59 Å². The molecule has 4 rings (SSSR count). The van der Waals surface area contributed by atoms with Crippen molar-refractivity contribution in [2.45, 2.75) is 5.16 Å². The highest BCUT2D eigenvalue weighted by Gasteiger charge is 2.25. The van der Waals surface area contributed by atoms with E-state index in [-0.39, 0.29) is 23.1 Å². The summed E-state index contributed by atoms with van der Waals surface area (Å²) in [4.78, 5) is 46.8. The van der Waals surface area contributed by atoms with Crippen LogP contribution >= 0.6 is 34.4 Å². The van der Waals surface area contributed by atoms with Crippen LogP contribution in [0.25, 0.3) is 10.2 Å². The number of nitrogens with zero attached hydrogens (tertiary/aromatic N) is 4. The van der Waals surface area contributed by atoms with Crippen LogP contribution in [0.1, 0.15) is 9.67 Å². The highest BCUT2D eigenvalue weighted by atomic mass is 32.2. The van der Waals surface area contributed by atoms with Crippen LogP contribution < -0.4 is 5.56 Å². The van der Waals surface area contributed by atoms with Crippen LogP contribution in [-0.2, 0) is 11.8 Å². The molecule has 28 heavy (non-hydrogen) atoms. The Balaban J connectivity index is 1.35. The predicted molar refractivity (Wildman–Crippen MR) is 112 cm³/mol. The number of amides is 2. The molecule has 0 bridgehead atoms. The number of carbonyl (C=O) groups is 2. The Kier molecular flexibility index (Phi) is 5.51. The normalized spacial score (nSPS) is 14.6. The van der Waals surface area contributed by atoms with Gasteiger partial charge in [0.05, 0.1) is 16.0 Å². The van der Waals surface area contributed by atoms with E-state index in [1.807, 2.05) is 22.9 Å². The molecule has 0 aliphatic carbocycles. The molecule has 2 amide bonds. The third-order valence-electron chi connectivity index (χ3n) is 4.64. The molecule has 0 N–H and O–H groups in total. The second-order valence-corrected chi connectivity index (χ2v) is 9.12. The van der Waals surface area contributed by atoms with E-state index in [0.29, 0.717) is 41.6 Å². The lowest BCUT2D eigenvalue weighted by Crippen LogP contribution is -2.51. The van der Waals surface area contributed by atoms with Crippen LogP contribution in [0.5, 0.6) is 0 Å². The topological polar surface area (TPSA) is 75.5 Å². The molecule has 3 aromatic rings. The van der Waals surface area contributed by atoms with Gasteiger partial charge in [-0.15, -0.1) is 22.7 Å². The van der Waals surface area contributed by atoms with Gasteiger partial charge in [-0.1, -0.05) is 17.8 Å². The number of fused-ring (bicyclic) bond motifs is 1. The summed E-state index contributed by atoms with van der Waals surface area (Å²) >= 11 is 4.13. The third-order valence-corrected chi connectivity index (χ3v) is 7.32. The van der Waals surface area contributed by atoms with E-state index in [4.69, 9.17) is 0 Å². The Bertz CT molecular complexity index is 1070. The van der Waals surface area contributed by atoms with Gasteiger partial charge in [0.25, 0.3) is 11.5 Å². The first kappa shape index (κ1) is 19.2. The van der Waals surface area contributed by atoms with Crippen molar-refractivity contribution in [2.75, 3.05) is 31.9 Å². The fourth-order valence-electron chi connectivity index (χ4n) is 3.04. The molecule has 7 nitrogen and oxygen atoms in total. The van der Waals surface area contributed by atoms with Gasteiger partial charge < -0.3 is 9.80 Å². The number of thioether (sulfide) groups is 1. The third kappa shape index (κ3) is 3.71. The second kappa shape index (κ2) is 8.06. The summed E-state index contributed by atoms with van der Waals surface area (Å²) < 4.78 is 1.49. The number of carbonyl (C=O) groups excluding carboxylic acids is 2. The van der Waals surface area contributed by atoms with Gasteiger partial charge in [0, 0.05) is 33.2 Å². The van der Waals surface area contributed by atoms with Crippen LogP contribution in [-0.4, -0.2) is 63.1 Å². The molecule has 10 heteroatoms. The van der Waals surface area contributed by atoms with E-state index in [1.165, 1.54) is 39.0 Å². The molecule has 1 fully saturated rings. The SMILES string of the molecule is Cn1c(SCC(=O)N2CCN(C(=O)c3cccs3)CC2)nc2sccc2c1=O. The van der Waals surface area contributed by atoms with Crippen molar-refractivity contribution in [3.05, 3.63) is 44.2 Å². The first-order valence-corrected chi connectivity index (χ1v) is 11.5. The molecule has 1 aliphatic heterocycles. The lowest BCUT2D eigenvalue weighted by molar-refractivity contribution is -0.129. The average Bonchev–Trinajstić information content (AvgIpc) is 3.41. The molecule has 1 aliphatic rings. The fourth-order valence-corrected chi connectivity index (χ4v) is 5.41. The number of piperazine rings is 1. The summed E-state index contributed by atoms with van der Waals surface area (Å²) in [5.74, 6) is 0.240. The molecular weight excluding hydrogens is 416 g/mol. The van der Waals surface area contributed by atoms with Crippen LogP contribution in [0.2, 0.25) is 0 Å². The molecular formula is C18H18N4O3S3.